The maximum atomic E-state index is 12.5. The number of rotatable bonds is 6. The number of hydrogen-bond donors (Lipinski definition) is 1. The summed E-state index contributed by atoms with van der Waals surface area (Å²) in [4.78, 5) is 17.9. The molecule has 4 rings (SSSR count). The molecule has 0 atom stereocenters. The van der Waals surface area contributed by atoms with Crippen LogP contribution in [0.3, 0.4) is 0 Å². The van der Waals surface area contributed by atoms with E-state index in [0.29, 0.717) is 21.5 Å². The molecule has 30 heavy (non-hydrogen) atoms. The molecule has 0 radical (unpaired) electrons. The van der Waals surface area contributed by atoms with E-state index in [1.54, 1.807) is 30.5 Å². The molecule has 0 fully saturated rings. The normalized spacial score (nSPS) is 10.6. The number of ether oxygens (including phenoxy) is 1. The predicted molar refractivity (Wildman–Crippen MR) is 122 cm³/mol. The van der Waals surface area contributed by atoms with E-state index < -0.39 is 0 Å². The lowest BCUT2D eigenvalue weighted by Crippen LogP contribution is -2.11. The van der Waals surface area contributed by atoms with Crippen LogP contribution in [0.1, 0.15) is 26.4 Å². The quantitative estimate of drug-likeness (QED) is 0.365. The fourth-order valence-corrected chi connectivity index (χ4v) is 4.01. The summed E-state index contributed by atoms with van der Waals surface area (Å²) in [5.74, 6) is 1.23. The number of carbonyl (C=O) groups is 1. The largest absolute Gasteiger partial charge is 0.457 e. The van der Waals surface area contributed by atoms with Crippen LogP contribution < -0.4 is 10.1 Å². The van der Waals surface area contributed by atoms with E-state index in [1.165, 1.54) is 11.3 Å². The Morgan fingerprint density at radius 2 is 1.83 bits per heavy atom. The van der Waals surface area contributed by atoms with Crippen molar-refractivity contribution in [2.75, 3.05) is 5.32 Å². The van der Waals surface area contributed by atoms with Gasteiger partial charge in [-0.3, -0.25) is 10.1 Å². The van der Waals surface area contributed by atoms with Gasteiger partial charge >= 0.3 is 0 Å². The molecule has 4 nitrogen and oxygen atoms in total. The molecule has 0 saturated carbocycles. The van der Waals surface area contributed by atoms with Crippen molar-refractivity contribution in [1.82, 2.24) is 4.98 Å². The highest BCUT2D eigenvalue weighted by Gasteiger charge is 2.10. The second-order valence-electron chi connectivity index (χ2n) is 6.84. The fraction of sp³-hybridized carbons (Fsp3) is 0.0833. The van der Waals surface area contributed by atoms with Crippen molar-refractivity contribution in [2.24, 2.45) is 0 Å². The molecule has 4 aromatic rings. The molecule has 150 valence electrons. The van der Waals surface area contributed by atoms with Crippen molar-refractivity contribution in [3.63, 3.8) is 0 Å². The number of amides is 1. The van der Waals surface area contributed by atoms with Gasteiger partial charge in [-0.25, -0.2) is 4.98 Å². The van der Waals surface area contributed by atoms with Crippen LogP contribution in [0.15, 0.2) is 79.0 Å². The molecular weight excluding hydrogens is 416 g/mol. The van der Waals surface area contributed by atoms with Gasteiger partial charge in [-0.1, -0.05) is 35.9 Å². The fourth-order valence-electron chi connectivity index (χ4n) is 2.95. The molecule has 6 heteroatoms. The molecule has 0 spiro atoms. The zero-order valence-corrected chi connectivity index (χ0v) is 17.8. The Hall–Kier alpha value is -3.15. The molecule has 0 unspecified atom stereocenters. The van der Waals surface area contributed by atoms with Crippen LogP contribution in [0, 0.1) is 6.92 Å². The van der Waals surface area contributed by atoms with Gasteiger partial charge < -0.3 is 4.74 Å². The second kappa shape index (κ2) is 9.11. The Labute approximate surface area is 184 Å². The van der Waals surface area contributed by atoms with Crippen molar-refractivity contribution >= 4 is 34.0 Å². The van der Waals surface area contributed by atoms with Crippen molar-refractivity contribution in [3.8, 4) is 11.5 Å². The predicted octanol–water partition coefficient (Wildman–Crippen LogP) is 6.74. The summed E-state index contributed by atoms with van der Waals surface area (Å²) in [6, 6.07) is 22.6. The van der Waals surface area contributed by atoms with Crippen LogP contribution in [0.2, 0.25) is 5.02 Å². The minimum Gasteiger partial charge on any atom is -0.457 e. The van der Waals surface area contributed by atoms with Gasteiger partial charge in [-0.05, 0) is 66.6 Å². The molecule has 0 saturated heterocycles. The lowest BCUT2D eigenvalue weighted by Gasteiger charge is -2.07. The first kappa shape index (κ1) is 20.1. The molecule has 0 aliphatic rings. The summed E-state index contributed by atoms with van der Waals surface area (Å²) in [6.45, 7) is 2.01. The number of aromatic nitrogens is 1. The SMILES string of the molecule is Cc1cccc(Oc2ccc(C(=O)Nc3ncc(Cc4cccc(Cl)c4)s3)cc2)c1. The van der Waals surface area contributed by atoms with E-state index in [0.717, 1.165) is 28.2 Å². The first-order valence-corrected chi connectivity index (χ1v) is 10.6. The molecule has 1 heterocycles. The van der Waals surface area contributed by atoms with Gasteiger partial charge in [-0.2, -0.15) is 0 Å². The number of carbonyl (C=O) groups excluding carboxylic acids is 1. The smallest absolute Gasteiger partial charge is 0.257 e. The highest BCUT2D eigenvalue weighted by molar-refractivity contribution is 7.15. The third kappa shape index (κ3) is 5.26. The summed E-state index contributed by atoms with van der Waals surface area (Å²) in [5.41, 5.74) is 2.77. The Kier molecular flexibility index (Phi) is 6.12. The highest BCUT2D eigenvalue weighted by Crippen LogP contribution is 2.25. The third-order valence-electron chi connectivity index (χ3n) is 4.38. The van der Waals surface area contributed by atoms with Crippen LogP contribution in [0.4, 0.5) is 5.13 Å². The molecule has 0 aliphatic heterocycles. The number of thiazole rings is 1. The molecule has 0 aliphatic carbocycles. The zero-order valence-electron chi connectivity index (χ0n) is 16.3. The van der Waals surface area contributed by atoms with Gasteiger partial charge in [-0.15, -0.1) is 11.3 Å². The van der Waals surface area contributed by atoms with Crippen LogP contribution in [0.25, 0.3) is 0 Å². The van der Waals surface area contributed by atoms with Crippen molar-refractivity contribution < 1.29 is 9.53 Å². The van der Waals surface area contributed by atoms with Crippen molar-refractivity contribution in [1.29, 1.82) is 0 Å². The van der Waals surface area contributed by atoms with Gasteiger partial charge in [0.2, 0.25) is 0 Å². The third-order valence-corrected chi connectivity index (χ3v) is 5.53. The maximum Gasteiger partial charge on any atom is 0.257 e. The van der Waals surface area contributed by atoms with Crippen LogP contribution >= 0.6 is 22.9 Å². The molecule has 3 aromatic carbocycles. The first-order valence-electron chi connectivity index (χ1n) is 9.40. The number of anilines is 1. The Balaban J connectivity index is 1.37. The molecule has 1 amide bonds. The van der Waals surface area contributed by atoms with E-state index in [-0.39, 0.29) is 5.91 Å². The average molecular weight is 435 g/mol. The van der Waals surface area contributed by atoms with Gasteiger partial charge in [0, 0.05) is 28.1 Å². The topological polar surface area (TPSA) is 51.2 Å². The van der Waals surface area contributed by atoms with Crippen molar-refractivity contribution in [3.05, 3.63) is 106 Å². The lowest BCUT2D eigenvalue weighted by atomic mass is 10.1. The molecule has 1 aromatic heterocycles. The van der Waals surface area contributed by atoms with E-state index in [2.05, 4.69) is 10.3 Å². The van der Waals surface area contributed by atoms with Gasteiger partial charge in [0.1, 0.15) is 11.5 Å². The Morgan fingerprint density at radius 1 is 1.03 bits per heavy atom. The summed E-state index contributed by atoms with van der Waals surface area (Å²) < 4.78 is 5.83. The minimum absolute atomic E-state index is 0.208. The number of halogens is 1. The molecule has 0 bridgehead atoms. The van der Waals surface area contributed by atoms with Crippen LogP contribution in [-0.2, 0) is 6.42 Å². The number of benzene rings is 3. The first-order chi connectivity index (χ1) is 14.5. The number of nitrogens with zero attached hydrogens (tertiary/aromatic N) is 1. The summed E-state index contributed by atoms with van der Waals surface area (Å²) in [5, 5.41) is 4.13. The zero-order chi connectivity index (χ0) is 20.9. The summed E-state index contributed by atoms with van der Waals surface area (Å²) >= 11 is 7.49. The number of hydrogen-bond acceptors (Lipinski definition) is 4. The summed E-state index contributed by atoms with van der Waals surface area (Å²) in [7, 11) is 0. The van der Waals surface area contributed by atoms with Crippen molar-refractivity contribution in [2.45, 2.75) is 13.3 Å². The van der Waals surface area contributed by atoms with Crippen LogP contribution in [0.5, 0.6) is 11.5 Å². The average Bonchev–Trinajstić information content (AvgIpc) is 3.15. The standard InChI is InChI=1S/C24H19ClN2O2S/c1-16-4-2-7-21(12-16)29-20-10-8-18(9-11-20)23(28)27-24-26-15-22(30-24)14-17-5-3-6-19(25)13-17/h2-13,15H,14H2,1H3,(H,26,27,28). The lowest BCUT2D eigenvalue weighted by molar-refractivity contribution is 0.102. The van der Waals surface area contributed by atoms with Gasteiger partial charge in [0.15, 0.2) is 5.13 Å². The Morgan fingerprint density at radius 3 is 2.60 bits per heavy atom. The monoisotopic (exact) mass is 434 g/mol. The van der Waals surface area contributed by atoms with Gasteiger partial charge in [0.25, 0.3) is 5.91 Å². The highest BCUT2D eigenvalue weighted by atomic mass is 35.5. The number of aryl methyl sites for hydroxylation is 1. The van der Waals surface area contributed by atoms with E-state index in [1.807, 2.05) is 55.5 Å². The van der Waals surface area contributed by atoms with Crippen LogP contribution in [-0.4, -0.2) is 10.9 Å². The Bertz CT molecular complexity index is 1170. The van der Waals surface area contributed by atoms with E-state index in [4.69, 9.17) is 16.3 Å². The molecular formula is C24H19ClN2O2S. The molecule has 1 N–H and O–H groups in total. The second-order valence-corrected chi connectivity index (χ2v) is 8.39. The minimum atomic E-state index is -0.208. The number of nitrogens with one attached hydrogen (secondary N) is 1. The summed E-state index contributed by atoms with van der Waals surface area (Å²) in [6.07, 6.45) is 2.50. The van der Waals surface area contributed by atoms with E-state index >= 15 is 0 Å². The van der Waals surface area contributed by atoms with E-state index in [9.17, 15) is 4.79 Å². The van der Waals surface area contributed by atoms with Gasteiger partial charge in [0.05, 0.1) is 0 Å². The maximum absolute atomic E-state index is 12.5.